The molecular weight excluding hydrogens is 366 g/mol. The first-order valence-corrected chi connectivity index (χ1v) is 12.0. The van der Waals surface area contributed by atoms with Crippen molar-refractivity contribution in [2.45, 2.75) is 69.4 Å². The van der Waals surface area contributed by atoms with Gasteiger partial charge in [0.15, 0.2) is 9.84 Å². The van der Waals surface area contributed by atoms with E-state index in [1.54, 1.807) is 6.92 Å². The standard InChI is InChI=1S/C19H31N3O4S/c1-18(3-5-27(25,26)12-18)21-16(23)2-4-20-17(24)22-19-9-13-6-14(10-19)8-15(7-13)11-19/h13-15H,2-12H2,1H3,(H,21,23)(H2,20,22,24)/t13?,14?,15?,18-,19?/m1/s1. The van der Waals surface area contributed by atoms with Gasteiger partial charge < -0.3 is 16.0 Å². The van der Waals surface area contributed by atoms with Crippen molar-refractivity contribution in [2.75, 3.05) is 18.1 Å². The summed E-state index contributed by atoms with van der Waals surface area (Å²) >= 11 is 0. The molecule has 1 aliphatic heterocycles. The van der Waals surface area contributed by atoms with Crippen molar-refractivity contribution in [2.24, 2.45) is 17.8 Å². The maximum Gasteiger partial charge on any atom is 0.315 e. The summed E-state index contributed by atoms with van der Waals surface area (Å²) in [6, 6.07) is -0.181. The van der Waals surface area contributed by atoms with E-state index in [0.717, 1.165) is 37.0 Å². The van der Waals surface area contributed by atoms with Crippen molar-refractivity contribution in [1.29, 1.82) is 0 Å². The normalized spacial score (nSPS) is 41.3. The van der Waals surface area contributed by atoms with Gasteiger partial charge in [0.2, 0.25) is 5.91 Å². The molecule has 4 aliphatic carbocycles. The number of hydrogen-bond donors (Lipinski definition) is 3. The molecule has 3 N–H and O–H groups in total. The van der Waals surface area contributed by atoms with E-state index < -0.39 is 15.4 Å². The molecule has 1 saturated heterocycles. The van der Waals surface area contributed by atoms with Crippen LogP contribution in [0.15, 0.2) is 0 Å². The van der Waals surface area contributed by atoms with Gasteiger partial charge in [-0.1, -0.05) is 0 Å². The van der Waals surface area contributed by atoms with Gasteiger partial charge in [0.25, 0.3) is 0 Å². The van der Waals surface area contributed by atoms with Gasteiger partial charge in [0.05, 0.1) is 17.0 Å². The van der Waals surface area contributed by atoms with E-state index in [0.29, 0.717) is 6.42 Å². The lowest BCUT2D eigenvalue weighted by molar-refractivity contribution is -0.122. The largest absolute Gasteiger partial charge is 0.350 e. The summed E-state index contributed by atoms with van der Waals surface area (Å²) in [7, 11) is -3.05. The summed E-state index contributed by atoms with van der Waals surface area (Å²) in [5, 5.41) is 8.86. The molecule has 5 rings (SSSR count). The van der Waals surface area contributed by atoms with Crippen molar-refractivity contribution in [3.63, 3.8) is 0 Å². The molecule has 0 spiro atoms. The number of rotatable bonds is 5. The Bertz CT molecular complexity index is 700. The first-order valence-electron chi connectivity index (χ1n) is 10.2. The average Bonchev–Trinajstić information content (AvgIpc) is 2.78. The quantitative estimate of drug-likeness (QED) is 0.651. The number of carbonyl (C=O) groups excluding carboxylic acids is 2. The molecule has 3 amide bonds. The Hall–Kier alpha value is -1.31. The van der Waals surface area contributed by atoms with E-state index in [2.05, 4.69) is 16.0 Å². The van der Waals surface area contributed by atoms with Gasteiger partial charge in [0.1, 0.15) is 0 Å². The Morgan fingerprint density at radius 1 is 1.00 bits per heavy atom. The fraction of sp³-hybridized carbons (Fsp3) is 0.895. The van der Waals surface area contributed by atoms with E-state index in [1.807, 2.05) is 0 Å². The van der Waals surface area contributed by atoms with E-state index in [1.165, 1.54) is 19.3 Å². The summed E-state index contributed by atoms with van der Waals surface area (Å²) in [6.45, 7) is 2.02. The molecule has 0 radical (unpaired) electrons. The first kappa shape index (κ1) is 19.0. The topological polar surface area (TPSA) is 104 Å². The van der Waals surface area contributed by atoms with Crippen molar-refractivity contribution < 1.29 is 18.0 Å². The monoisotopic (exact) mass is 397 g/mol. The van der Waals surface area contributed by atoms with Crippen LogP contribution in [0.5, 0.6) is 0 Å². The van der Waals surface area contributed by atoms with Crippen molar-refractivity contribution in [3.05, 3.63) is 0 Å². The molecule has 0 aromatic rings. The van der Waals surface area contributed by atoms with Gasteiger partial charge in [-0.15, -0.1) is 0 Å². The average molecular weight is 398 g/mol. The van der Waals surface area contributed by atoms with Crippen LogP contribution in [0, 0.1) is 17.8 Å². The van der Waals surface area contributed by atoms with Crippen LogP contribution < -0.4 is 16.0 Å². The molecule has 0 aromatic heterocycles. The lowest BCUT2D eigenvalue weighted by Gasteiger charge is -2.56. The minimum Gasteiger partial charge on any atom is -0.350 e. The SMILES string of the molecule is C[C@@]1(NC(=O)CCNC(=O)NC23CC4CC(CC(C4)C2)C3)CCS(=O)(=O)C1. The Labute approximate surface area is 161 Å². The van der Waals surface area contributed by atoms with Gasteiger partial charge in [-0.2, -0.15) is 0 Å². The minimum absolute atomic E-state index is 0.00826. The zero-order chi connectivity index (χ0) is 19.3. The molecule has 0 aromatic carbocycles. The molecule has 5 fully saturated rings. The Morgan fingerprint density at radius 3 is 2.11 bits per heavy atom. The summed E-state index contributed by atoms with van der Waals surface area (Å²) in [5.74, 6) is 2.20. The third kappa shape index (κ3) is 4.25. The third-order valence-corrected chi connectivity index (χ3v) is 8.90. The Morgan fingerprint density at radius 2 is 1.59 bits per heavy atom. The number of carbonyl (C=O) groups is 2. The maximum absolute atomic E-state index is 12.4. The van der Waals surface area contributed by atoms with E-state index in [4.69, 9.17) is 0 Å². The molecular formula is C19H31N3O4S. The number of sulfone groups is 1. The van der Waals surface area contributed by atoms with E-state index >= 15 is 0 Å². The van der Waals surface area contributed by atoms with Gasteiger partial charge in [-0.25, -0.2) is 13.2 Å². The fourth-order valence-electron chi connectivity index (χ4n) is 6.35. The zero-order valence-corrected chi connectivity index (χ0v) is 16.9. The molecule has 1 heterocycles. The Balaban J connectivity index is 1.21. The lowest BCUT2D eigenvalue weighted by Crippen LogP contribution is -2.61. The predicted octanol–water partition coefficient (Wildman–Crippen LogP) is 1.34. The predicted molar refractivity (Wildman–Crippen MR) is 102 cm³/mol. The number of urea groups is 1. The van der Waals surface area contributed by atoms with Crippen LogP contribution in [0.25, 0.3) is 0 Å². The summed E-state index contributed by atoms with van der Waals surface area (Å²) in [6.07, 6.45) is 7.88. The molecule has 4 bridgehead atoms. The van der Waals surface area contributed by atoms with Crippen molar-refractivity contribution in [1.82, 2.24) is 16.0 Å². The summed E-state index contributed by atoms with van der Waals surface area (Å²) < 4.78 is 23.2. The Kier molecular flexibility index (Phi) is 4.68. The van der Waals surface area contributed by atoms with Crippen LogP contribution in [0.2, 0.25) is 0 Å². The summed E-state index contributed by atoms with van der Waals surface area (Å²) in [4.78, 5) is 24.5. The highest BCUT2D eigenvalue weighted by molar-refractivity contribution is 7.91. The second-order valence-corrected chi connectivity index (χ2v) is 12.0. The molecule has 5 aliphatic rings. The second kappa shape index (κ2) is 6.64. The number of hydrogen-bond acceptors (Lipinski definition) is 4. The van der Waals surface area contributed by atoms with Crippen molar-refractivity contribution in [3.8, 4) is 0 Å². The van der Waals surface area contributed by atoms with Gasteiger partial charge >= 0.3 is 6.03 Å². The van der Waals surface area contributed by atoms with Crippen LogP contribution in [0.4, 0.5) is 4.79 Å². The smallest absolute Gasteiger partial charge is 0.315 e. The fourth-order valence-corrected chi connectivity index (χ4v) is 8.44. The highest BCUT2D eigenvalue weighted by atomic mass is 32.2. The number of nitrogens with one attached hydrogen (secondary N) is 3. The molecule has 27 heavy (non-hydrogen) atoms. The zero-order valence-electron chi connectivity index (χ0n) is 16.1. The highest BCUT2D eigenvalue weighted by Gasteiger charge is 2.51. The molecule has 152 valence electrons. The van der Waals surface area contributed by atoms with Crippen LogP contribution in [0.3, 0.4) is 0 Å². The highest BCUT2D eigenvalue weighted by Crippen LogP contribution is 2.55. The van der Waals surface area contributed by atoms with Crippen LogP contribution in [-0.2, 0) is 14.6 Å². The maximum atomic E-state index is 12.4. The molecule has 7 nitrogen and oxygen atoms in total. The molecule has 4 saturated carbocycles. The van der Waals surface area contributed by atoms with Crippen LogP contribution in [-0.4, -0.2) is 49.5 Å². The van der Waals surface area contributed by atoms with Crippen LogP contribution in [0.1, 0.15) is 58.3 Å². The first-order chi connectivity index (χ1) is 12.6. The summed E-state index contributed by atoms with van der Waals surface area (Å²) in [5.41, 5.74) is -0.718. The van der Waals surface area contributed by atoms with Gasteiger partial charge in [-0.05, 0) is 69.6 Å². The van der Waals surface area contributed by atoms with E-state index in [9.17, 15) is 18.0 Å². The molecule has 1 atom stereocenters. The number of amides is 3. The minimum atomic E-state index is -3.05. The van der Waals surface area contributed by atoms with Crippen molar-refractivity contribution >= 4 is 21.8 Å². The van der Waals surface area contributed by atoms with Gasteiger partial charge in [-0.3, -0.25) is 4.79 Å². The van der Waals surface area contributed by atoms with Crippen LogP contribution >= 0.6 is 0 Å². The second-order valence-electron chi connectivity index (χ2n) is 9.78. The third-order valence-electron chi connectivity index (χ3n) is 7.00. The van der Waals surface area contributed by atoms with E-state index in [-0.39, 0.29) is 41.9 Å². The molecule has 0 unspecified atom stereocenters. The van der Waals surface area contributed by atoms with Gasteiger partial charge in [0, 0.05) is 18.5 Å². The molecule has 8 heteroatoms. The lowest BCUT2D eigenvalue weighted by atomic mass is 9.53.